The summed E-state index contributed by atoms with van der Waals surface area (Å²) < 4.78 is 4.96. The van der Waals surface area contributed by atoms with Crippen LogP contribution in [-0.4, -0.2) is 17.6 Å². The largest absolute Gasteiger partial charge is 0.466 e. The summed E-state index contributed by atoms with van der Waals surface area (Å²) in [6.07, 6.45) is 6.18. The quantitative estimate of drug-likeness (QED) is 0.730. The van der Waals surface area contributed by atoms with Crippen LogP contribution in [0, 0.1) is 0 Å². The molecule has 16 heavy (non-hydrogen) atoms. The number of aryl methyl sites for hydroxylation is 1. The fraction of sp³-hybridized carbons (Fsp3) is 0.385. The highest BCUT2D eigenvalue weighted by atomic mass is 16.5. The highest BCUT2D eigenvalue weighted by molar-refractivity contribution is 5.86. The van der Waals surface area contributed by atoms with Crippen molar-refractivity contribution in [3.8, 4) is 0 Å². The summed E-state index contributed by atoms with van der Waals surface area (Å²) >= 11 is 0. The summed E-state index contributed by atoms with van der Waals surface area (Å²) in [5.41, 5.74) is 3.24. The molecule has 0 amide bonds. The molecule has 0 N–H and O–H groups in total. The number of nitrogens with zero attached hydrogens (tertiary/aromatic N) is 1. The van der Waals surface area contributed by atoms with Gasteiger partial charge < -0.3 is 4.74 Å². The van der Waals surface area contributed by atoms with Gasteiger partial charge in [0.2, 0.25) is 0 Å². The standard InChI is InChI=1S/C13H15NO2/c1-2-16-13(15)9-10-5-3-7-12-11(10)6-4-8-14-12/h4-6,8H,2-3,7,9H2,1H3. The summed E-state index contributed by atoms with van der Waals surface area (Å²) in [6.45, 7) is 2.26. The summed E-state index contributed by atoms with van der Waals surface area (Å²) in [5.74, 6) is -0.162. The lowest BCUT2D eigenvalue weighted by atomic mass is 9.93. The van der Waals surface area contributed by atoms with Gasteiger partial charge in [0.25, 0.3) is 0 Å². The van der Waals surface area contributed by atoms with Gasteiger partial charge in [-0.3, -0.25) is 9.78 Å². The molecule has 1 heterocycles. The number of ether oxygens (including phenoxy) is 1. The Hall–Kier alpha value is -1.64. The Labute approximate surface area is 95.2 Å². The Kier molecular flexibility index (Phi) is 3.34. The number of hydrogen-bond donors (Lipinski definition) is 0. The summed E-state index contributed by atoms with van der Waals surface area (Å²) in [5, 5.41) is 0. The first kappa shape index (κ1) is 10.9. The molecule has 1 aromatic heterocycles. The summed E-state index contributed by atoms with van der Waals surface area (Å²) in [7, 11) is 0. The normalized spacial score (nSPS) is 13.9. The van der Waals surface area contributed by atoms with E-state index < -0.39 is 0 Å². The van der Waals surface area contributed by atoms with Crippen molar-refractivity contribution in [2.75, 3.05) is 6.61 Å². The average Bonchev–Trinajstić information content (AvgIpc) is 2.30. The maximum absolute atomic E-state index is 11.4. The molecule has 3 heteroatoms. The zero-order valence-corrected chi connectivity index (χ0v) is 9.40. The van der Waals surface area contributed by atoms with E-state index in [1.165, 1.54) is 0 Å². The fourth-order valence-electron chi connectivity index (χ4n) is 1.96. The van der Waals surface area contributed by atoms with Crippen LogP contribution in [0.1, 0.15) is 31.0 Å². The number of rotatable bonds is 3. The second kappa shape index (κ2) is 4.92. The molecule has 3 nitrogen and oxygen atoms in total. The van der Waals surface area contributed by atoms with Crippen molar-refractivity contribution in [2.24, 2.45) is 0 Å². The topological polar surface area (TPSA) is 39.2 Å². The predicted octanol–water partition coefficient (Wildman–Crippen LogP) is 2.36. The Bertz CT molecular complexity index is 424. The van der Waals surface area contributed by atoms with Crippen LogP contribution in [0.15, 0.2) is 24.4 Å². The minimum Gasteiger partial charge on any atom is -0.466 e. The van der Waals surface area contributed by atoms with E-state index >= 15 is 0 Å². The Balaban J connectivity index is 2.16. The molecule has 0 aliphatic heterocycles. The molecule has 0 fully saturated rings. The van der Waals surface area contributed by atoms with E-state index in [4.69, 9.17) is 4.74 Å². The lowest BCUT2D eigenvalue weighted by molar-refractivity contribution is -0.141. The number of esters is 1. The smallest absolute Gasteiger partial charge is 0.310 e. The molecule has 0 unspecified atom stereocenters. The van der Waals surface area contributed by atoms with E-state index in [0.717, 1.165) is 29.7 Å². The van der Waals surface area contributed by atoms with Gasteiger partial charge >= 0.3 is 5.97 Å². The molecule has 0 bridgehead atoms. The SMILES string of the molecule is CCOC(=O)CC1=CCCc2ncccc21. The van der Waals surface area contributed by atoms with Crippen molar-refractivity contribution in [3.63, 3.8) is 0 Å². The number of carbonyl (C=O) groups excluding carboxylic acids is 1. The first-order valence-electron chi connectivity index (χ1n) is 5.60. The molecule has 0 aromatic carbocycles. The van der Waals surface area contributed by atoms with Gasteiger partial charge in [0.1, 0.15) is 0 Å². The minimum absolute atomic E-state index is 0.162. The van der Waals surface area contributed by atoms with Gasteiger partial charge in [-0.25, -0.2) is 0 Å². The number of aromatic nitrogens is 1. The van der Waals surface area contributed by atoms with Crippen LogP contribution in [0.25, 0.3) is 5.57 Å². The number of allylic oxidation sites excluding steroid dienone is 1. The van der Waals surface area contributed by atoms with E-state index in [-0.39, 0.29) is 5.97 Å². The van der Waals surface area contributed by atoms with Crippen molar-refractivity contribution in [1.29, 1.82) is 0 Å². The molecule has 0 atom stereocenters. The van der Waals surface area contributed by atoms with Gasteiger partial charge in [-0.2, -0.15) is 0 Å². The van der Waals surface area contributed by atoms with Crippen molar-refractivity contribution in [3.05, 3.63) is 35.7 Å². The maximum atomic E-state index is 11.4. The molecule has 0 saturated heterocycles. The molecule has 1 aromatic rings. The molecule has 1 aliphatic carbocycles. The van der Waals surface area contributed by atoms with Crippen molar-refractivity contribution >= 4 is 11.5 Å². The number of fused-ring (bicyclic) bond motifs is 1. The number of carbonyl (C=O) groups is 1. The third kappa shape index (κ3) is 2.30. The zero-order chi connectivity index (χ0) is 11.4. The Morgan fingerprint density at radius 3 is 3.25 bits per heavy atom. The lowest BCUT2D eigenvalue weighted by Crippen LogP contribution is -2.08. The van der Waals surface area contributed by atoms with Crippen LogP contribution in [0.5, 0.6) is 0 Å². The van der Waals surface area contributed by atoms with E-state index in [0.29, 0.717) is 13.0 Å². The Morgan fingerprint density at radius 2 is 2.44 bits per heavy atom. The number of hydrogen-bond acceptors (Lipinski definition) is 3. The van der Waals surface area contributed by atoms with Gasteiger partial charge in [0.15, 0.2) is 0 Å². The summed E-state index contributed by atoms with van der Waals surface area (Å²) in [4.78, 5) is 15.8. The highest BCUT2D eigenvalue weighted by Crippen LogP contribution is 2.27. The van der Waals surface area contributed by atoms with Crippen molar-refractivity contribution in [1.82, 2.24) is 4.98 Å². The molecule has 0 saturated carbocycles. The molecule has 84 valence electrons. The second-order valence-corrected chi connectivity index (χ2v) is 3.75. The van der Waals surface area contributed by atoms with E-state index in [2.05, 4.69) is 11.1 Å². The molecule has 1 aliphatic rings. The predicted molar refractivity (Wildman–Crippen MR) is 61.8 cm³/mol. The van der Waals surface area contributed by atoms with Crippen LogP contribution in [0.3, 0.4) is 0 Å². The molecular formula is C13H15NO2. The first-order chi connectivity index (χ1) is 7.81. The second-order valence-electron chi connectivity index (χ2n) is 3.75. The third-order valence-corrected chi connectivity index (χ3v) is 2.65. The molecule has 0 spiro atoms. The fourth-order valence-corrected chi connectivity index (χ4v) is 1.96. The third-order valence-electron chi connectivity index (χ3n) is 2.65. The van der Waals surface area contributed by atoms with Crippen LogP contribution in [0.4, 0.5) is 0 Å². The molecule has 0 radical (unpaired) electrons. The lowest BCUT2D eigenvalue weighted by Gasteiger charge is -2.15. The minimum atomic E-state index is -0.162. The van der Waals surface area contributed by atoms with Gasteiger partial charge in [-0.1, -0.05) is 12.1 Å². The number of pyridine rings is 1. The van der Waals surface area contributed by atoms with Gasteiger partial charge in [-0.05, 0) is 37.0 Å². The van der Waals surface area contributed by atoms with E-state index in [1.54, 1.807) is 6.20 Å². The first-order valence-corrected chi connectivity index (χ1v) is 5.60. The van der Waals surface area contributed by atoms with E-state index in [1.807, 2.05) is 19.1 Å². The molecule has 2 rings (SSSR count). The summed E-state index contributed by atoms with van der Waals surface area (Å²) in [6, 6.07) is 3.93. The maximum Gasteiger partial charge on any atom is 0.310 e. The highest BCUT2D eigenvalue weighted by Gasteiger charge is 2.16. The van der Waals surface area contributed by atoms with Crippen LogP contribution >= 0.6 is 0 Å². The van der Waals surface area contributed by atoms with Crippen LogP contribution in [-0.2, 0) is 16.0 Å². The van der Waals surface area contributed by atoms with Gasteiger partial charge in [0.05, 0.1) is 13.0 Å². The van der Waals surface area contributed by atoms with Gasteiger partial charge in [0, 0.05) is 11.9 Å². The van der Waals surface area contributed by atoms with Crippen LogP contribution in [0.2, 0.25) is 0 Å². The van der Waals surface area contributed by atoms with E-state index in [9.17, 15) is 4.79 Å². The van der Waals surface area contributed by atoms with Gasteiger partial charge in [-0.15, -0.1) is 0 Å². The van der Waals surface area contributed by atoms with Crippen LogP contribution < -0.4 is 0 Å². The Morgan fingerprint density at radius 1 is 1.56 bits per heavy atom. The van der Waals surface area contributed by atoms with Crippen molar-refractivity contribution < 1.29 is 9.53 Å². The molecular weight excluding hydrogens is 202 g/mol. The zero-order valence-electron chi connectivity index (χ0n) is 9.40. The monoisotopic (exact) mass is 217 g/mol. The van der Waals surface area contributed by atoms with Crippen molar-refractivity contribution in [2.45, 2.75) is 26.2 Å². The average molecular weight is 217 g/mol.